The highest BCUT2D eigenvalue weighted by Crippen LogP contribution is 2.18. The van der Waals surface area contributed by atoms with Gasteiger partial charge in [-0.3, -0.25) is 9.59 Å². The first-order valence-corrected chi connectivity index (χ1v) is 8.02. The number of anilines is 1. The maximum Gasteiger partial charge on any atom is 0.262 e. The highest BCUT2D eigenvalue weighted by Gasteiger charge is 2.08. The summed E-state index contributed by atoms with van der Waals surface area (Å²) in [7, 11) is 0. The standard InChI is InChI=1S/C19H22N2O3/c1-3-14-8-5-6-11-17(14)24-13-18(22)21-16-10-7-9-15(12-16)19(23)20-4-2/h5-12H,3-4,13H2,1-2H3,(H,20,23)(H,21,22). The Labute approximate surface area is 142 Å². The topological polar surface area (TPSA) is 67.4 Å². The lowest BCUT2D eigenvalue weighted by Crippen LogP contribution is -2.23. The molecule has 126 valence electrons. The fourth-order valence-electron chi connectivity index (χ4n) is 2.28. The van der Waals surface area contributed by atoms with Gasteiger partial charge >= 0.3 is 0 Å². The molecule has 2 rings (SSSR count). The zero-order valence-electron chi connectivity index (χ0n) is 14.0. The van der Waals surface area contributed by atoms with E-state index in [0.717, 1.165) is 12.0 Å². The van der Waals surface area contributed by atoms with Crippen LogP contribution in [0, 0.1) is 0 Å². The smallest absolute Gasteiger partial charge is 0.262 e. The summed E-state index contributed by atoms with van der Waals surface area (Å²) in [5.41, 5.74) is 2.13. The molecular formula is C19H22N2O3. The fraction of sp³-hybridized carbons (Fsp3) is 0.263. The van der Waals surface area contributed by atoms with Gasteiger partial charge in [0.05, 0.1) is 0 Å². The Bertz CT molecular complexity index is 713. The lowest BCUT2D eigenvalue weighted by molar-refractivity contribution is -0.118. The minimum absolute atomic E-state index is 0.0810. The molecule has 0 aliphatic carbocycles. The molecule has 5 heteroatoms. The van der Waals surface area contributed by atoms with Crippen LogP contribution in [0.4, 0.5) is 5.69 Å². The number of carbonyl (C=O) groups excluding carboxylic acids is 2. The SMILES string of the molecule is CCNC(=O)c1cccc(NC(=O)COc2ccccc2CC)c1. The highest BCUT2D eigenvalue weighted by atomic mass is 16.5. The molecule has 0 saturated heterocycles. The molecule has 0 heterocycles. The molecule has 0 unspecified atom stereocenters. The van der Waals surface area contributed by atoms with Crippen LogP contribution < -0.4 is 15.4 Å². The zero-order valence-corrected chi connectivity index (χ0v) is 14.0. The van der Waals surface area contributed by atoms with Gasteiger partial charge < -0.3 is 15.4 Å². The Morgan fingerprint density at radius 1 is 1.04 bits per heavy atom. The summed E-state index contributed by atoms with van der Waals surface area (Å²) >= 11 is 0. The summed E-state index contributed by atoms with van der Waals surface area (Å²) in [6, 6.07) is 14.5. The van der Waals surface area contributed by atoms with Crippen molar-refractivity contribution in [3.63, 3.8) is 0 Å². The highest BCUT2D eigenvalue weighted by molar-refractivity contribution is 5.97. The number of nitrogens with one attached hydrogen (secondary N) is 2. The molecule has 0 atom stereocenters. The average Bonchev–Trinajstić information content (AvgIpc) is 2.60. The maximum atomic E-state index is 12.1. The number of amides is 2. The predicted molar refractivity (Wildman–Crippen MR) is 94.4 cm³/mol. The van der Waals surface area contributed by atoms with Gasteiger partial charge in [-0.05, 0) is 43.2 Å². The summed E-state index contributed by atoms with van der Waals surface area (Å²) < 4.78 is 5.59. The van der Waals surface area contributed by atoms with E-state index in [1.54, 1.807) is 24.3 Å². The van der Waals surface area contributed by atoms with Gasteiger partial charge in [0.25, 0.3) is 11.8 Å². The van der Waals surface area contributed by atoms with E-state index >= 15 is 0 Å². The van der Waals surface area contributed by atoms with Crippen molar-refractivity contribution in [2.45, 2.75) is 20.3 Å². The first kappa shape index (κ1) is 17.5. The van der Waals surface area contributed by atoms with Gasteiger partial charge in [-0.2, -0.15) is 0 Å². The van der Waals surface area contributed by atoms with Crippen LogP contribution in [-0.2, 0) is 11.2 Å². The van der Waals surface area contributed by atoms with Crippen molar-refractivity contribution in [3.8, 4) is 5.75 Å². The molecule has 2 N–H and O–H groups in total. The van der Waals surface area contributed by atoms with Crippen molar-refractivity contribution in [1.29, 1.82) is 0 Å². The monoisotopic (exact) mass is 326 g/mol. The predicted octanol–water partition coefficient (Wildman–Crippen LogP) is 3.02. The zero-order chi connectivity index (χ0) is 17.4. The van der Waals surface area contributed by atoms with Crippen LogP contribution in [0.25, 0.3) is 0 Å². The lowest BCUT2D eigenvalue weighted by atomic mass is 10.1. The van der Waals surface area contributed by atoms with Crippen molar-refractivity contribution in [1.82, 2.24) is 5.32 Å². The largest absolute Gasteiger partial charge is 0.483 e. The number of aryl methyl sites for hydroxylation is 1. The van der Waals surface area contributed by atoms with Crippen LogP contribution in [0.1, 0.15) is 29.8 Å². The Morgan fingerprint density at radius 3 is 2.58 bits per heavy atom. The molecular weight excluding hydrogens is 304 g/mol. The minimum Gasteiger partial charge on any atom is -0.483 e. The van der Waals surface area contributed by atoms with Gasteiger partial charge in [0, 0.05) is 17.8 Å². The van der Waals surface area contributed by atoms with Crippen LogP contribution in [0.15, 0.2) is 48.5 Å². The van der Waals surface area contributed by atoms with Crippen LogP contribution in [-0.4, -0.2) is 25.0 Å². The van der Waals surface area contributed by atoms with Crippen LogP contribution in [0.3, 0.4) is 0 Å². The third-order valence-electron chi connectivity index (χ3n) is 3.46. The number of hydrogen-bond donors (Lipinski definition) is 2. The molecule has 0 fully saturated rings. The van der Waals surface area contributed by atoms with Gasteiger partial charge in [-0.25, -0.2) is 0 Å². The van der Waals surface area contributed by atoms with Gasteiger partial charge in [0.2, 0.25) is 0 Å². The normalized spacial score (nSPS) is 10.1. The lowest BCUT2D eigenvalue weighted by Gasteiger charge is -2.11. The maximum absolute atomic E-state index is 12.1. The number of rotatable bonds is 7. The second-order valence-corrected chi connectivity index (χ2v) is 5.24. The van der Waals surface area contributed by atoms with Gasteiger partial charge in [0.1, 0.15) is 5.75 Å². The van der Waals surface area contributed by atoms with E-state index in [1.807, 2.05) is 38.1 Å². The molecule has 0 aliphatic heterocycles. The molecule has 5 nitrogen and oxygen atoms in total. The van der Waals surface area contributed by atoms with E-state index in [1.165, 1.54) is 0 Å². The summed E-state index contributed by atoms with van der Waals surface area (Å²) in [4.78, 5) is 23.9. The van der Waals surface area contributed by atoms with E-state index in [-0.39, 0.29) is 18.4 Å². The van der Waals surface area contributed by atoms with E-state index in [4.69, 9.17) is 4.74 Å². The summed E-state index contributed by atoms with van der Waals surface area (Å²) in [6.07, 6.45) is 0.840. The average molecular weight is 326 g/mol. The Morgan fingerprint density at radius 2 is 1.83 bits per heavy atom. The molecule has 0 saturated carbocycles. The van der Waals surface area contributed by atoms with Crippen LogP contribution >= 0.6 is 0 Å². The summed E-state index contributed by atoms with van der Waals surface area (Å²) in [6.45, 7) is 4.37. The van der Waals surface area contributed by atoms with Crippen molar-refractivity contribution in [2.24, 2.45) is 0 Å². The minimum atomic E-state index is -0.269. The number of hydrogen-bond acceptors (Lipinski definition) is 3. The molecule has 24 heavy (non-hydrogen) atoms. The number of para-hydroxylation sites is 1. The molecule has 0 spiro atoms. The van der Waals surface area contributed by atoms with Crippen molar-refractivity contribution in [3.05, 3.63) is 59.7 Å². The van der Waals surface area contributed by atoms with E-state index in [0.29, 0.717) is 23.5 Å². The number of ether oxygens (including phenoxy) is 1. The van der Waals surface area contributed by atoms with Gasteiger partial charge in [-0.1, -0.05) is 31.2 Å². The molecule has 0 aromatic heterocycles. The van der Waals surface area contributed by atoms with Gasteiger partial charge in [0.15, 0.2) is 6.61 Å². The molecule has 2 amide bonds. The Balaban J connectivity index is 1.95. The van der Waals surface area contributed by atoms with E-state index in [9.17, 15) is 9.59 Å². The fourth-order valence-corrected chi connectivity index (χ4v) is 2.28. The van der Waals surface area contributed by atoms with E-state index < -0.39 is 0 Å². The summed E-state index contributed by atoms with van der Waals surface area (Å²) in [5.74, 6) is 0.280. The van der Waals surface area contributed by atoms with Crippen molar-refractivity contribution >= 4 is 17.5 Å². The second kappa shape index (κ2) is 8.72. The molecule has 2 aromatic carbocycles. The third-order valence-corrected chi connectivity index (χ3v) is 3.46. The first-order valence-electron chi connectivity index (χ1n) is 8.02. The van der Waals surface area contributed by atoms with Gasteiger partial charge in [-0.15, -0.1) is 0 Å². The van der Waals surface area contributed by atoms with Crippen LogP contribution in [0.5, 0.6) is 5.75 Å². The van der Waals surface area contributed by atoms with E-state index in [2.05, 4.69) is 10.6 Å². The summed E-state index contributed by atoms with van der Waals surface area (Å²) in [5, 5.41) is 5.47. The van der Waals surface area contributed by atoms with Crippen molar-refractivity contribution in [2.75, 3.05) is 18.5 Å². The quantitative estimate of drug-likeness (QED) is 0.822. The Kier molecular flexibility index (Phi) is 6.37. The number of benzene rings is 2. The number of carbonyl (C=O) groups is 2. The first-order chi connectivity index (χ1) is 11.6. The Hall–Kier alpha value is -2.82. The van der Waals surface area contributed by atoms with Crippen LogP contribution in [0.2, 0.25) is 0 Å². The molecule has 0 radical (unpaired) electrons. The second-order valence-electron chi connectivity index (χ2n) is 5.24. The van der Waals surface area contributed by atoms with Crippen molar-refractivity contribution < 1.29 is 14.3 Å². The molecule has 2 aromatic rings. The third kappa shape index (κ3) is 4.84. The molecule has 0 bridgehead atoms. The molecule has 0 aliphatic rings.